The first-order chi connectivity index (χ1) is 14.5. The number of fused-ring (bicyclic) bond motifs is 1. The van der Waals surface area contributed by atoms with Gasteiger partial charge in [0.25, 0.3) is 0 Å². The van der Waals surface area contributed by atoms with E-state index in [9.17, 15) is 37.4 Å². The van der Waals surface area contributed by atoms with Gasteiger partial charge in [-0.3, -0.25) is 9.91 Å². The summed E-state index contributed by atoms with van der Waals surface area (Å²) in [6, 6.07) is 2.39. The molecule has 3 rings (SSSR count). The zero-order chi connectivity index (χ0) is 22.9. The smallest absolute Gasteiger partial charge is 0.401 e. The molecule has 1 fully saturated rings. The van der Waals surface area contributed by atoms with E-state index in [0.717, 1.165) is 6.20 Å². The maximum absolute atomic E-state index is 14.7. The SMILES string of the molecule is CC1Cc2c(ccc(F)c2N2CCN(CC(F)(F)F)CC2)N1NC=C(C(=O)[O-])C(=O)[O-]. The molecule has 1 atom stereocenters. The van der Waals surface area contributed by atoms with Crippen molar-refractivity contribution in [3.8, 4) is 0 Å². The predicted molar refractivity (Wildman–Crippen MR) is 98.0 cm³/mol. The van der Waals surface area contributed by atoms with Crippen molar-refractivity contribution in [1.82, 2.24) is 10.3 Å². The van der Waals surface area contributed by atoms with E-state index in [0.29, 0.717) is 17.7 Å². The number of alkyl halides is 3. The van der Waals surface area contributed by atoms with Gasteiger partial charge in [0.2, 0.25) is 0 Å². The van der Waals surface area contributed by atoms with E-state index in [1.165, 1.54) is 22.0 Å². The maximum atomic E-state index is 14.7. The molecule has 0 radical (unpaired) electrons. The van der Waals surface area contributed by atoms with Gasteiger partial charge in [-0.25, -0.2) is 4.39 Å². The molecule has 2 aliphatic heterocycles. The second-order valence-corrected chi connectivity index (χ2v) is 7.46. The minimum absolute atomic E-state index is 0.128. The number of aliphatic carboxylic acids is 2. The van der Waals surface area contributed by atoms with Crippen molar-refractivity contribution in [2.75, 3.05) is 42.6 Å². The lowest BCUT2D eigenvalue weighted by molar-refractivity contribution is -0.312. The number of nitrogens with zero attached hydrogens (tertiary/aromatic N) is 3. The summed E-state index contributed by atoms with van der Waals surface area (Å²) in [5.41, 5.74) is 2.90. The number of carbonyl (C=O) groups is 2. The number of carboxylic acid groups (broad SMARTS) is 2. The molecule has 1 unspecified atom stereocenters. The highest BCUT2D eigenvalue weighted by Gasteiger charge is 2.35. The van der Waals surface area contributed by atoms with Crippen molar-refractivity contribution in [2.45, 2.75) is 25.6 Å². The van der Waals surface area contributed by atoms with Gasteiger partial charge < -0.3 is 30.1 Å². The van der Waals surface area contributed by atoms with Crippen molar-refractivity contribution in [2.24, 2.45) is 0 Å². The van der Waals surface area contributed by atoms with Crippen LogP contribution in [0.2, 0.25) is 0 Å². The number of hydrogen-bond acceptors (Lipinski definition) is 8. The van der Waals surface area contributed by atoms with Crippen LogP contribution in [0.25, 0.3) is 0 Å². The van der Waals surface area contributed by atoms with Crippen LogP contribution in [0.15, 0.2) is 23.9 Å². The molecular formula is C19H20F4N4O4-2. The summed E-state index contributed by atoms with van der Waals surface area (Å²) in [5, 5.41) is 23.3. The van der Waals surface area contributed by atoms with Crippen LogP contribution in [0.5, 0.6) is 0 Å². The Bertz CT molecular complexity index is 882. The molecule has 0 saturated carbocycles. The van der Waals surface area contributed by atoms with Crippen LogP contribution in [0, 0.1) is 5.82 Å². The van der Waals surface area contributed by atoms with Gasteiger partial charge in [0.05, 0.1) is 35.9 Å². The summed E-state index contributed by atoms with van der Waals surface area (Å²) in [7, 11) is 0. The number of nitrogens with one attached hydrogen (secondary N) is 1. The van der Waals surface area contributed by atoms with Gasteiger partial charge in [-0.05, 0) is 25.5 Å². The molecule has 0 amide bonds. The second kappa shape index (κ2) is 8.61. The molecule has 31 heavy (non-hydrogen) atoms. The topological polar surface area (TPSA) is 102 Å². The van der Waals surface area contributed by atoms with Crippen molar-refractivity contribution in [3.05, 3.63) is 35.3 Å². The van der Waals surface area contributed by atoms with E-state index in [4.69, 9.17) is 0 Å². The van der Waals surface area contributed by atoms with Gasteiger partial charge in [-0.15, -0.1) is 0 Å². The third-order valence-corrected chi connectivity index (χ3v) is 5.29. The van der Waals surface area contributed by atoms with Crippen LogP contribution < -0.4 is 25.5 Å². The lowest BCUT2D eigenvalue weighted by Crippen LogP contribution is -2.49. The fourth-order valence-electron chi connectivity index (χ4n) is 3.91. The number of carboxylic acids is 2. The van der Waals surface area contributed by atoms with E-state index < -0.39 is 36.0 Å². The minimum Gasteiger partial charge on any atom is -0.545 e. The fraction of sp³-hybridized carbons (Fsp3) is 0.474. The number of carbonyl (C=O) groups excluding carboxylic acids is 2. The van der Waals surface area contributed by atoms with Crippen molar-refractivity contribution in [1.29, 1.82) is 0 Å². The number of benzene rings is 1. The largest absolute Gasteiger partial charge is 0.545 e. The molecule has 1 saturated heterocycles. The normalized spacial score (nSPS) is 19.2. The molecule has 0 spiro atoms. The zero-order valence-electron chi connectivity index (χ0n) is 16.5. The van der Waals surface area contributed by atoms with Gasteiger partial charge in [0.1, 0.15) is 5.82 Å². The Morgan fingerprint density at radius 3 is 2.32 bits per heavy atom. The number of anilines is 2. The van der Waals surface area contributed by atoms with Crippen LogP contribution in [-0.4, -0.2) is 61.8 Å². The van der Waals surface area contributed by atoms with Crippen molar-refractivity contribution < 1.29 is 37.4 Å². The van der Waals surface area contributed by atoms with Crippen LogP contribution in [0.1, 0.15) is 12.5 Å². The first kappa shape index (κ1) is 22.7. The maximum Gasteiger partial charge on any atom is 0.401 e. The predicted octanol–water partition coefficient (Wildman–Crippen LogP) is -0.851. The Kier molecular flexibility index (Phi) is 6.30. The van der Waals surface area contributed by atoms with Gasteiger partial charge in [0, 0.05) is 43.5 Å². The van der Waals surface area contributed by atoms with E-state index >= 15 is 0 Å². The third kappa shape index (κ3) is 5.01. The van der Waals surface area contributed by atoms with Crippen molar-refractivity contribution >= 4 is 23.3 Å². The zero-order valence-corrected chi connectivity index (χ0v) is 16.5. The Morgan fingerprint density at radius 2 is 1.77 bits per heavy atom. The lowest BCUT2D eigenvalue weighted by atomic mass is 10.1. The van der Waals surface area contributed by atoms with Gasteiger partial charge in [0.15, 0.2) is 0 Å². The van der Waals surface area contributed by atoms with Crippen LogP contribution in [0.4, 0.5) is 28.9 Å². The molecule has 12 heteroatoms. The first-order valence-electron chi connectivity index (χ1n) is 9.51. The summed E-state index contributed by atoms with van der Waals surface area (Å²) >= 11 is 0. The Hall–Kier alpha value is -3.02. The molecule has 2 heterocycles. The fourth-order valence-corrected chi connectivity index (χ4v) is 3.91. The molecule has 1 aromatic rings. The number of halogens is 4. The quantitative estimate of drug-likeness (QED) is 0.262. The molecular weight excluding hydrogens is 424 g/mol. The first-order valence-corrected chi connectivity index (χ1v) is 9.51. The van der Waals surface area contributed by atoms with Crippen LogP contribution in [0.3, 0.4) is 0 Å². The number of piperazine rings is 1. The Balaban J connectivity index is 1.82. The molecule has 0 aliphatic carbocycles. The van der Waals surface area contributed by atoms with Crippen molar-refractivity contribution in [3.63, 3.8) is 0 Å². The highest BCUT2D eigenvalue weighted by molar-refractivity contribution is 6.10. The highest BCUT2D eigenvalue weighted by Crippen LogP contribution is 2.39. The Morgan fingerprint density at radius 1 is 1.16 bits per heavy atom. The van der Waals surface area contributed by atoms with Crippen LogP contribution in [-0.2, 0) is 16.0 Å². The average molecular weight is 444 g/mol. The molecule has 2 aliphatic rings. The second-order valence-electron chi connectivity index (χ2n) is 7.46. The van der Waals surface area contributed by atoms with Gasteiger partial charge in [-0.1, -0.05) is 0 Å². The van der Waals surface area contributed by atoms with E-state index in [1.54, 1.807) is 11.8 Å². The molecule has 0 bridgehead atoms. The standard InChI is InChI=1S/C19H22F4N4O4/c1-11-8-12-15(27(11)24-9-13(17(28)29)18(30)31)3-2-14(20)16(12)26-6-4-25(5-7-26)10-19(21,22)23/h2-3,9,11,24H,4-8,10H2,1H3,(H,28,29)(H,30,31)/p-2. The van der Waals surface area contributed by atoms with Crippen LogP contribution >= 0.6 is 0 Å². The Labute approximate surface area is 175 Å². The summed E-state index contributed by atoms with van der Waals surface area (Å²) < 4.78 is 52.5. The summed E-state index contributed by atoms with van der Waals surface area (Å²) in [5.74, 6) is -4.36. The minimum atomic E-state index is -4.30. The third-order valence-electron chi connectivity index (χ3n) is 5.29. The highest BCUT2D eigenvalue weighted by atomic mass is 19.4. The van der Waals surface area contributed by atoms with Gasteiger partial charge >= 0.3 is 6.18 Å². The average Bonchev–Trinajstić information content (AvgIpc) is 2.96. The van der Waals surface area contributed by atoms with E-state index in [2.05, 4.69) is 5.43 Å². The summed E-state index contributed by atoms with van der Waals surface area (Å²) in [6.07, 6.45) is -3.21. The number of rotatable bonds is 6. The summed E-state index contributed by atoms with van der Waals surface area (Å²) in [4.78, 5) is 24.8. The number of hydrogen-bond donors (Lipinski definition) is 1. The molecule has 1 N–H and O–H groups in total. The lowest BCUT2D eigenvalue weighted by Gasteiger charge is -2.37. The van der Waals surface area contributed by atoms with E-state index in [-0.39, 0.29) is 37.9 Å². The van der Waals surface area contributed by atoms with Gasteiger partial charge in [-0.2, -0.15) is 13.2 Å². The number of hydrazine groups is 1. The summed E-state index contributed by atoms with van der Waals surface area (Å²) in [6.45, 7) is 1.43. The molecule has 170 valence electrons. The molecule has 0 aromatic heterocycles. The molecule has 8 nitrogen and oxygen atoms in total. The molecule has 1 aromatic carbocycles. The monoisotopic (exact) mass is 444 g/mol. The van der Waals surface area contributed by atoms with E-state index in [1.807, 2.05) is 0 Å².